The molecule has 0 aliphatic carbocycles. The summed E-state index contributed by atoms with van der Waals surface area (Å²) in [5, 5.41) is 1.93. The molecule has 2 rings (SSSR count). The first kappa shape index (κ1) is 13.1. The van der Waals surface area contributed by atoms with E-state index in [1.165, 1.54) is 11.3 Å². The Labute approximate surface area is 114 Å². The van der Waals surface area contributed by atoms with Gasteiger partial charge in [0.2, 0.25) is 0 Å². The first-order chi connectivity index (χ1) is 7.92. The van der Waals surface area contributed by atoms with Crippen LogP contribution in [0.25, 0.3) is 0 Å². The quantitative estimate of drug-likeness (QED) is 0.866. The van der Waals surface area contributed by atoms with E-state index in [4.69, 9.17) is 5.73 Å². The molecule has 17 heavy (non-hydrogen) atoms. The van der Waals surface area contributed by atoms with Gasteiger partial charge >= 0.3 is 0 Å². The highest BCUT2D eigenvalue weighted by Crippen LogP contribution is 2.31. The van der Waals surface area contributed by atoms with Crippen LogP contribution in [0.4, 0.5) is 0 Å². The fraction of sp³-hybridized carbons (Fsp3) is 0.583. The van der Waals surface area contributed by atoms with E-state index in [0.29, 0.717) is 0 Å². The third kappa shape index (κ3) is 2.56. The van der Waals surface area contributed by atoms with Crippen molar-refractivity contribution in [3.05, 3.63) is 20.8 Å². The molecule has 0 spiro atoms. The lowest BCUT2D eigenvalue weighted by atomic mass is 9.79. The zero-order chi connectivity index (χ0) is 12.6. The predicted octanol–water partition coefficient (Wildman–Crippen LogP) is 2.71. The third-order valence-electron chi connectivity index (χ3n) is 3.41. The summed E-state index contributed by atoms with van der Waals surface area (Å²) in [7, 11) is 0. The van der Waals surface area contributed by atoms with Gasteiger partial charge in [-0.25, -0.2) is 0 Å². The van der Waals surface area contributed by atoms with E-state index in [1.807, 2.05) is 16.3 Å². The highest BCUT2D eigenvalue weighted by atomic mass is 79.9. The number of rotatable bonds is 1. The molecule has 2 heterocycles. The number of hydrogen-bond acceptors (Lipinski definition) is 3. The molecule has 1 aromatic rings. The second-order valence-corrected chi connectivity index (χ2v) is 6.98. The summed E-state index contributed by atoms with van der Waals surface area (Å²) in [6, 6.07) is 2.09. The van der Waals surface area contributed by atoms with Crippen LogP contribution in [0.2, 0.25) is 0 Å². The lowest BCUT2D eigenvalue weighted by molar-refractivity contribution is 0.0537. The molecule has 5 heteroatoms. The fourth-order valence-corrected chi connectivity index (χ4v) is 3.65. The van der Waals surface area contributed by atoms with Gasteiger partial charge in [-0.15, -0.1) is 11.3 Å². The van der Waals surface area contributed by atoms with Crippen LogP contribution in [0.5, 0.6) is 0 Å². The van der Waals surface area contributed by atoms with E-state index >= 15 is 0 Å². The molecule has 1 aliphatic heterocycles. The van der Waals surface area contributed by atoms with Crippen LogP contribution in [-0.4, -0.2) is 29.9 Å². The maximum Gasteiger partial charge on any atom is 0.265 e. The fourth-order valence-electron chi connectivity index (χ4n) is 2.14. The summed E-state index contributed by atoms with van der Waals surface area (Å²) in [5.41, 5.74) is 6.08. The second kappa shape index (κ2) is 4.71. The van der Waals surface area contributed by atoms with Crippen molar-refractivity contribution < 1.29 is 4.79 Å². The Morgan fingerprint density at radius 1 is 1.65 bits per heavy atom. The minimum absolute atomic E-state index is 0.00234. The molecular formula is C12H17BrN2OS. The number of likely N-dealkylation sites (tertiary alicyclic amines) is 1. The molecular weight excluding hydrogens is 300 g/mol. The van der Waals surface area contributed by atoms with Crippen molar-refractivity contribution in [2.45, 2.75) is 26.3 Å². The van der Waals surface area contributed by atoms with Crippen LogP contribution in [0, 0.1) is 5.41 Å². The van der Waals surface area contributed by atoms with Crippen molar-refractivity contribution >= 4 is 33.2 Å². The Morgan fingerprint density at radius 3 is 2.88 bits per heavy atom. The van der Waals surface area contributed by atoms with Crippen LogP contribution in [0.3, 0.4) is 0 Å². The Hall–Kier alpha value is -0.390. The van der Waals surface area contributed by atoms with Crippen molar-refractivity contribution in [3.8, 4) is 0 Å². The summed E-state index contributed by atoms with van der Waals surface area (Å²) in [4.78, 5) is 15.0. The number of hydrogen-bond donors (Lipinski definition) is 1. The largest absolute Gasteiger partial charge is 0.337 e. The van der Waals surface area contributed by atoms with Crippen molar-refractivity contribution in [3.63, 3.8) is 0 Å². The van der Waals surface area contributed by atoms with Crippen LogP contribution in [-0.2, 0) is 0 Å². The van der Waals surface area contributed by atoms with E-state index in [2.05, 4.69) is 29.8 Å². The number of nitrogens with two attached hydrogens (primary N) is 1. The average molecular weight is 317 g/mol. The molecule has 1 atom stereocenters. The molecule has 3 nitrogen and oxygen atoms in total. The maximum atomic E-state index is 12.3. The van der Waals surface area contributed by atoms with E-state index in [-0.39, 0.29) is 17.4 Å². The lowest BCUT2D eigenvalue weighted by Crippen LogP contribution is -2.53. The van der Waals surface area contributed by atoms with E-state index < -0.39 is 0 Å². The predicted molar refractivity (Wildman–Crippen MR) is 74.3 cm³/mol. The van der Waals surface area contributed by atoms with Crippen molar-refractivity contribution in [1.82, 2.24) is 4.90 Å². The first-order valence-electron chi connectivity index (χ1n) is 5.69. The molecule has 1 aliphatic rings. The summed E-state index contributed by atoms with van der Waals surface area (Å²) in [6.45, 7) is 5.74. The average Bonchev–Trinajstić information content (AvgIpc) is 2.67. The number of thiophene rings is 1. The molecule has 0 radical (unpaired) electrons. The van der Waals surface area contributed by atoms with Gasteiger partial charge in [-0.05, 0) is 39.2 Å². The van der Waals surface area contributed by atoms with E-state index in [1.54, 1.807) is 0 Å². The smallest absolute Gasteiger partial charge is 0.265 e. The number of amides is 1. The molecule has 1 amide bonds. The minimum atomic E-state index is -0.00234. The number of nitrogens with zero attached hydrogens (tertiary/aromatic N) is 1. The molecule has 1 aromatic heterocycles. The monoisotopic (exact) mass is 316 g/mol. The summed E-state index contributed by atoms with van der Waals surface area (Å²) >= 11 is 4.90. The standard InChI is InChI=1S/C12H17BrN2OS/c1-12(2)7-15(5-3-9(12)14)11(16)10-8(13)4-6-17-10/h4,6,9H,3,5,7,14H2,1-2H3. The Kier molecular flexibility index (Phi) is 3.61. The maximum absolute atomic E-state index is 12.3. The molecule has 1 unspecified atom stereocenters. The van der Waals surface area contributed by atoms with Crippen molar-refractivity contribution in [1.29, 1.82) is 0 Å². The van der Waals surface area contributed by atoms with Crippen molar-refractivity contribution in [2.75, 3.05) is 13.1 Å². The Balaban J connectivity index is 2.15. The third-order valence-corrected chi connectivity index (χ3v) is 5.24. The topological polar surface area (TPSA) is 46.3 Å². The molecule has 0 saturated carbocycles. The summed E-state index contributed by atoms with van der Waals surface area (Å²) < 4.78 is 0.889. The molecule has 1 saturated heterocycles. The molecule has 2 N–H and O–H groups in total. The van der Waals surface area contributed by atoms with Crippen LogP contribution in [0.15, 0.2) is 15.9 Å². The van der Waals surface area contributed by atoms with Gasteiger partial charge in [-0.2, -0.15) is 0 Å². The van der Waals surface area contributed by atoms with Gasteiger partial charge in [0.15, 0.2) is 0 Å². The first-order valence-corrected chi connectivity index (χ1v) is 7.37. The Bertz CT molecular complexity index is 430. The van der Waals surface area contributed by atoms with Gasteiger partial charge in [0.1, 0.15) is 4.88 Å². The molecule has 0 bridgehead atoms. The number of carbonyl (C=O) groups is 1. The van der Waals surface area contributed by atoms with Gasteiger partial charge in [-0.3, -0.25) is 4.79 Å². The highest BCUT2D eigenvalue weighted by Gasteiger charge is 2.36. The number of carbonyl (C=O) groups excluding carboxylic acids is 1. The van der Waals surface area contributed by atoms with Crippen molar-refractivity contribution in [2.24, 2.45) is 11.1 Å². The molecule has 94 valence electrons. The van der Waals surface area contributed by atoms with E-state index in [9.17, 15) is 4.79 Å². The van der Waals surface area contributed by atoms with Crippen LogP contribution in [0.1, 0.15) is 29.9 Å². The zero-order valence-corrected chi connectivity index (χ0v) is 12.5. The highest BCUT2D eigenvalue weighted by molar-refractivity contribution is 9.10. The van der Waals surface area contributed by atoms with Crippen LogP contribution < -0.4 is 5.73 Å². The van der Waals surface area contributed by atoms with Gasteiger partial charge in [0.05, 0.1) is 0 Å². The lowest BCUT2D eigenvalue weighted by Gasteiger charge is -2.42. The summed E-state index contributed by atoms with van der Waals surface area (Å²) in [5.74, 6) is 0.117. The molecule has 1 fully saturated rings. The van der Waals surface area contributed by atoms with E-state index in [0.717, 1.165) is 28.9 Å². The van der Waals surface area contributed by atoms with Gasteiger partial charge in [0.25, 0.3) is 5.91 Å². The second-order valence-electron chi connectivity index (χ2n) is 5.21. The SMILES string of the molecule is CC1(C)CN(C(=O)c2sccc2Br)CCC1N. The molecule has 0 aromatic carbocycles. The zero-order valence-electron chi connectivity index (χ0n) is 10.1. The van der Waals surface area contributed by atoms with Gasteiger partial charge < -0.3 is 10.6 Å². The van der Waals surface area contributed by atoms with Gasteiger partial charge in [0, 0.05) is 23.6 Å². The van der Waals surface area contributed by atoms with Gasteiger partial charge in [-0.1, -0.05) is 13.8 Å². The normalized spacial score (nSPS) is 23.8. The number of piperidine rings is 1. The van der Waals surface area contributed by atoms with Crippen LogP contribution >= 0.6 is 27.3 Å². The summed E-state index contributed by atoms with van der Waals surface area (Å²) in [6.07, 6.45) is 0.877. The Morgan fingerprint density at radius 2 is 2.35 bits per heavy atom. The minimum Gasteiger partial charge on any atom is -0.337 e. The number of halogens is 1.